The standard InChI is InChI=1S/C10H17N/c1-8-6-10-5-3-4-9(8)7-11(10)2/h3,5,8-10H,4,6-7H2,1-2H3. The summed E-state index contributed by atoms with van der Waals surface area (Å²) in [5.74, 6) is 1.86. The number of piperidine rings is 1. The van der Waals surface area contributed by atoms with Gasteiger partial charge in [0.25, 0.3) is 0 Å². The predicted octanol–water partition coefficient (Wildman–Crippen LogP) is 1.90. The second kappa shape index (κ2) is 2.63. The molecule has 3 aliphatic rings. The first kappa shape index (κ1) is 7.35. The molecule has 1 aliphatic carbocycles. The van der Waals surface area contributed by atoms with E-state index < -0.39 is 0 Å². The van der Waals surface area contributed by atoms with Gasteiger partial charge in [0.15, 0.2) is 0 Å². The van der Waals surface area contributed by atoms with Gasteiger partial charge in [-0.1, -0.05) is 19.1 Å². The number of rotatable bonds is 0. The van der Waals surface area contributed by atoms with Crippen molar-refractivity contribution in [3.05, 3.63) is 12.2 Å². The van der Waals surface area contributed by atoms with Crippen molar-refractivity contribution in [2.75, 3.05) is 13.6 Å². The first-order chi connectivity index (χ1) is 5.27. The van der Waals surface area contributed by atoms with Crippen LogP contribution < -0.4 is 0 Å². The summed E-state index contributed by atoms with van der Waals surface area (Å²) in [6.07, 6.45) is 7.45. The quantitative estimate of drug-likeness (QED) is 0.478. The van der Waals surface area contributed by atoms with Crippen molar-refractivity contribution in [3.63, 3.8) is 0 Å². The number of likely N-dealkylation sites (N-methyl/N-ethyl adjacent to an activating group) is 1. The average Bonchev–Trinajstić information content (AvgIpc) is 2.21. The third kappa shape index (κ3) is 1.22. The topological polar surface area (TPSA) is 3.24 Å². The van der Waals surface area contributed by atoms with Crippen molar-refractivity contribution in [1.82, 2.24) is 4.90 Å². The fraction of sp³-hybridized carbons (Fsp3) is 0.800. The number of fused-ring (bicyclic) bond motifs is 3. The Bertz CT molecular complexity index is 174. The summed E-state index contributed by atoms with van der Waals surface area (Å²) in [5.41, 5.74) is 0. The molecule has 62 valence electrons. The van der Waals surface area contributed by atoms with Gasteiger partial charge in [-0.25, -0.2) is 0 Å². The Hall–Kier alpha value is -0.300. The van der Waals surface area contributed by atoms with Gasteiger partial charge in [0.1, 0.15) is 0 Å². The fourth-order valence-corrected chi connectivity index (χ4v) is 2.38. The van der Waals surface area contributed by atoms with Crippen molar-refractivity contribution >= 4 is 0 Å². The van der Waals surface area contributed by atoms with Gasteiger partial charge >= 0.3 is 0 Å². The van der Waals surface area contributed by atoms with E-state index in [2.05, 4.69) is 31.0 Å². The van der Waals surface area contributed by atoms with Gasteiger partial charge in [-0.05, 0) is 31.7 Å². The summed E-state index contributed by atoms with van der Waals surface area (Å²) in [7, 11) is 2.25. The second-order valence-corrected chi connectivity index (χ2v) is 4.14. The van der Waals surface area contributed by atoms with Crippen LogP contribution in [0.4, 0.5) is 0 Å². The van der Waals surface area contributed by atoms with Crippen molar-refractivity contribution in [1.29, 1.82) is 0 Å². The van der Waals surface area contributed by atoms with Crippen LogP contribution >= 0.6 is 0 Å². The summed E-state index contributed by atoms with van der Waals surface area (Å²) >= 11 is 0. The van der Waals surface area contributed by atoms with Gasteiger partial charge in [0.05, 0.1) is 0 Å². The Kier molecular flexibility index (Phi) is 1.76. The molecular weight excluding hydrogens is 134 g/mol. The molecule has 0 aromatic carbocycles. The highest BCUT2D eigenvalue weighted by Gasteiger charge is 2.30. The number of nitrogens with zero attached hydrogens (tertiary/aromatic N) is 1. The van der Waals surface area contributed by atoms with Gasteiger partial charge in [0, 0.05) is 12.6 Å². The van der Waals surface area contributed by atoms with E-state index in [0.29, 0.717) is 0 Å². The number of hydrogen-bond donors (Lipinski definition) is 0. The van der Waals surface area contributed by atoms with E-state index in [-0.39, 0.29) is 0 Å². The van der Waals surface area contributed by atoms with E-state index in [1.165, 1.54) is 19.4 Å². The van der Waals surface area contributed by atoms with Crippen LogP contribution in [0.5, 0.6) is 0 Å². The molecule has 0 radical (unpaired) electrons. The third-order valence-electron chi connectivity index (χ3n) is 3.30. The molecule has 2 heterocycles. The molecule has 1 heteroatoms. The van der Waals surface area contributed by atoms with Gasteiger partial charge in [0.2, 0.25) is 0 Å². The summed E-state index contributed by atoms with van der Waals surface area (Å²) < 4.78 is 0. The van der Waals surface area contributed by atoms with Crippen molar-refractivity contribution in [2.45, 2.75) is 25.8 Å². The maximum Gasteiger partial charge on any atom is 0.0277 e. The lowest BCUT2D eigenvalue weighted by Crippen LogP contribution is -2.41. The molecule has 0 spiro atoms. The van der Waals surface area contributed by atoms with Crippen LogP contribution in [-0.4, -0.2) is 24.5 Å². The van der Waals surface area contributed by atoms with E-state index in [9.17, 15) is 0 Å². The first-order valence-corrected chi connectivity index (χ1v) is 4.64. The van der Waals surface area contributed by atoms with E-state index in [4.69, 9.17) is 0 Å². The Morgan fingerprint density at radius 3 is 3.09 bits per heavy atom. The Balaban J connectivity index is 2.19. The smallest absolute Gasteiger partial charge is 0.0277 e. The second-order valence-electron chi connectivity index (χ2n) is 4.14. The monoisotopic (exact) mass is 151 g/mol. The average molecular weight is 151 g/mol. The minimum atomic E-state index is 0.740. The van der Waals surface area contributed by atoms with Crippen LogP contribution in [-0.2, 0) is 0 Å². The lowest BCUT2D eigenvalue weighted by atomic mass is 9.84. The minimum Gasteiger partial charge on any atom is -0.300 e. The van der Waals surface area contributed by atoms with Crippen LogP contribution in [0.25, 0.3) is 0 Å². The maximum atomic E-state index is 2.49. The molecule has 3 atom stereocenters. The van der Waals surface area contributed by atoms with Crippen LogP contribution in [0.2, 0.25) is 0 Å². The molecule has 1 fully saturated rings. The Labute approximate surface area is 69.1 Å². The number of hydrogen-bond acceptors (Lipinski definition) is 1. The van der Waals surface area contributed by atoms with Crippen LogP contribution in [0.15, 0.2) is 12.2 Å². The van der Waals surface area contributed by atoms with Crippen molar-refractivity contribution < 1.29 is 0 Å². The molecule has 11 heavy (non-hydrogen) atoms. The fourth-order valence-electron chi connectivity index (χ4n) is 2.38. The molecule has 0 saturated carbocycles. The van der Waals surface area contributed by atoms with E-state index in [0.717, 1.165) is 17.9 Å². The predicted molar refractivity (Wildman–Crippen MR) is 47.4 cm³/mol. The van der Waals surface area contributed by atoms with Gasteiger partial charge in [-0.15, -0.1) is 0 Å². The molecule has 1 nitrogen and oxygen atoms in total. The van der Waals surface area contributed by atoms with Crippen LogP contribution in [0, 0.1) is 11.8 Å². The first-order valence-electron chi connectivity index (χ1n) is 4.64. The van der Waals surface area contributed by atoms with Crippen molar-refractivity contribution in [2.24, 2.45) is 11.8 Å². The molecular formula is C10H17N. The minimum absolute atomic E-state index is 0.740. The molecule has 0 amide bonds. The van der Waals surface area contributed by atoms with Crippen molar-refractivity contribution in [3.8, 4) is 0 Å². The normalized spacial score (nSPS) is 44.4. The zero-order valence-corrected chi connectivity index (χ0v) is 7.46. The zero-order valence-electron chi connectivity index (χ0n) is 7.46. The maximum absolute atomic E-state index is 2.49. The van der Waals surface area contributed by atoms with Crippen LogP contribution in [0.1, 0.15) is 19.8 Å². The largest absolute Gasteiger partial charge is 0.300 e. The Morgan fingerprint density at radius 1 is 1.45 bits per heavy atom. The van der Waals surface area contributed by atoms with Gasteiger partial charge in [-0.2, -0.15) is 0 Å². The molecule has 0 N–H and O–H groups in total. The summed E-state index contributed by atoms with van der Waals surface area (Å²) in [5, 5.41) is 0. The number of allylic oxidation sites excluding steroid dienone is 1. The molecule has 2 bridgehead atoms. The summed E-state index contributed by atoms with van der Waals surface area (Å²) in [4.78, 5) is 2.49. The zero-order chi connectivity index (χ0) is 7.84. The summed E-state index contributed by atoms with van der Waals surface area (Å²) in [6, 6.07) is 0.740. The highest BCUT2D eigenvalue weighted by molar-refractivity contribution is 5.04. The highest BCUT2D eigenvalue weighted by Crippen LogP contribution is 2.32. The molecule has 3 rings (SSSR count). The molecule has 0 aromatic rings. The van der Waals surface area contributed by atoms with Gasteiger partial charge in [-0.3, -0.25) is 4.90 Å². The Morgan fingerprint density at radius 2 is 2.27 bits per heavy atom. The van der Waals surface area contributed by atoms with E-state index >= 15 is 0 Å². The van der Waals surface area contributed by atoms with E-state index in [1.807, 2.05) is 0 Å². The highest BCUT2D eigenvalue weighted by atomic mass is 15.1. The molecule has 1 saturated heterocycles. The molecule has 2 aliphatic heterocycles. The SMILES string of the molecule is CC1CC2C=CCC1CN2C. The van der Waals surface area contributed by atoms with Gasteiger partial charge < -0.3 is 0 Å². The van der Waals surface area contributed by atoms with Crippen LogP contribution in [0.3, 0.4) is 0 Å². The lowest BCUT2D eigenvalue weighted by Gasteiger charge is -2.37. The van der Waals surface area contributed by atoms with E-state index in [1.54, 1.807) is 0 Å². The third-order valence-corrected chi connectivity index (χ3v) is 3.30. The molecule has 0 aromatic heterocycles. The molecule has 3 unspecified atom stereocenters. The lowest BCUT2D eigenvalue weighted by molar-refractivity contribution is 0.127. The summed E-state index contributed by atoms with van der Waals surface area (Å²) in [6.45, 7) is 3.70.